The Morgan fingerprint density at radius 3 is 1.72 bits per heavy atom. The summed E-state index contributed by atoms with van der Waals surface area (Å²) in [5.74, 6) is 3.02. The first-order valence-electron chi connectivity index (χ1n) is 19.9. The summed E-state index contributed by atoms with van der Waals surface area (Å²) in [5.41, 5.74) is 6.23. The van der Waals surface area contributed by atoms with E-state index < -0.39 is 0 Å². The maximum Gasteiger partial charge on any atom is 0.258 e. The first kappa shape index (κ1) is 38.9. The zero-order chi connectivity index (χ0) is 40.5. The summed E-state index contributed by atoms with van der Waals surface area (Å²) < 4.78 is 24.6. The summed E-state index contributed by atoms with van der Waals surface area (Å²) in [6.45, 7) is 4.97. The SMILES string of the molecule is COc1ccc(-c2cc(=O)n3cc(C4C[C@H]5CC[C@@H](C4)N5C)ccc3n2)cc1OC.COc1ccc(-c2cc(=O)n3cc(N4CCNC[C@H]4C)ccc3n2)cc1OC. The van der Waals surface area contributed by atoms with Crippen molar-refractivity contribution >= 4 is 17.0 Å². The Kier molecular flexibility index (Phi) is 11.1. The molecule has 13 nitrogen and oxygen atoms in total. The van der Waals surface area contributed by atoms with E-state index in [-0.39, 0.29) is 11.1 Å². The molecule has 3 aliphatic heterocycles. The smallest absolute Gasteiger partial charge is 0.258 e. The van der Waals surface area contributed by atoms with Gasteiger partial charge in [0, 0.05) is 73.4 Å². The first-order chi connectivity index (χ1) is 28.2. The van der Waals surface area contributed by atoms with Crippen LogP contribution in [0.3, 0.4) is 0 Å². The quantitative estimate of drug-likeness (QED) is 0.199. The van der Waals surface area contributed by atoms with Gasteiger partial charge in [-0.2, -0.15) is 0 Å². The van der Waals surface area contributed by atoms with E-state index in [1.807, 2.05) is 67.0 Å². The summed E-state index contributed by atoms with van der Waals surface area (Å²) >= 11 is 0. The molecule has 0 saturated carbocycles. The molecular formula is C45H51N7O6. The largest absolute Gasteiger partial charge is 0.493 e. The number of piperidine rings is 1. The average Bonchev–Trinajstić information content (AvgIpc) is 3.44. The van der Waals surface area contributed by atoms with Gasteiger partial charge in [-0.3, -0.25) is 18.4 Å². The van der Waals surface area contributed by atoms with E-state index in [0.717, 1.165) is 36.4 Å². The molecule has 3 fully saturated rings. The zero-order valence-corrected chi connectivity index (χ0v) is 34.0. The molecule has 13 heteroatoms. The predicted molar refractivity (Wildman–Crippen MR) is 226 cm³/mol. The molecule has 9 rings (SSSR count). The van der Waals surface area contributed by atoms with Crippen molar-refractivity contribution in [3.63, 3.8) is 0 Å². The predicted octanol–water partition coefficient (Wildman–Crippen LogP) is 5.90. The van der Waals surface area contributed by atoms with E-state index in [0.29, 0.717) is 69.7 Å². The molecule has 302 valence electrons. The third-order valence-corrected chi connectivity index (χ3v) is 12.1. The van der Waals surface area contributed by atoms with Gasteiger partial charge >= 0.3 is 0 Å². The normalized spacial score (nSPS) is 20.4. The van der Waals surface area contributed by atoms with Crippen molar-refractivity contribution in [1.29, 1.82) is 0 Å². The van der Waals surface area contributed by atoms with Gasteiger partial charge in [0.2, 0.25) is 0 Å². The van der Waals surface area contributed by atoms with Crippen molar-refractivity contribution < 1.29 is 18.9 Å². The van der Waals surface area contributed by atoms with Crippen LogP contribution < -0.4 is 40.3 Å². The van der Waals surface area contributed by atoms with Crippen molar-refractivity contribution in [1.82, 2.24) is 29.0 Å². The number of methoxy groups -OCH3 is 4. The fraction of sp³-hybridized carbons (Fsp3) is 0.378. The van der Waals surface area contributed by atoms with Gasteiger partial charge in [0.15, 0.2) is 23.0 Å². The fourth-order valence-electron chi connectivity index (χ4n) is 8.82. The second-order valence-electron chi connectivity index (χ2n) is 15.4. The standard InChI is InChI=1S/C24H27N3O3.C21H24N4O3/c1-26-18-6-7-19(26)11-17(10-18)16-5-9-23-25-20(13-24(28)27(23)14-16)15-4-8-21(29-2)22(12-15)30-3;1-14-12-22-8-9-24(14)16-5-7-20-23-17(11-21(26)25(20)13-16)15-4-6-18(27-2)19(10-15)28-3/h4-5,8-9,12-14,17-19H,6-7,10-11H2,1-3H3;4-7,10-11,13-14,22H,8-9,12H2,1-3H3/t17?,18-,19+;14-/m.1/s1. The number of hydrogen-bond donors (Lipinski definition) is 1. The Morgan fingerprint density at radius 2 is 1.19 bits per heavy atom. The monoisotopic (exact) mass is 785 g/mol. The maximum absolute atomic E-state index is 12.9. The summed E-state index contributed by atoms with van der Waals surface area (Å²) in [4.78, 5) is 40.0. The number of fused-ring (bicyclic) bond motifs is 4. The highest BCUT2D eigenvalue weighted by atomic mass is 16.5. The molecule has 2 bridgehead atoms. The molecule has 0 aliphatic carbocycles. The summed E-state index contributed by atoms with van der Waals surface area (Å²) in [6, 6.07) is 24.0. The van der Waals surface area contributed by atoms with Crippen LogP contribution in [0.25, 0.3) is 33.8 Å². The van der Waals surface area contributed by atoms with Crippen molar-refractivity contribution in [2.45, 2.75) is 56.7 Å². The minimum absolute atomic E-state index is 0.0671. The number of aromatic nitrogens is 4. The molecule has 58 heavy (non-hydrogen) atoms. The minimum Gasteiger partial charge on any atom is -0.493 e. The number of hydrogen-bond acceptors (Lipinski definition) is 11. The van der Waals surface area contributed by atoms with E-state index >= 15 is 0 Å². The average molecular weight is 786 g/mol. The van der Waals surface area contributed by atoms with Crippen molar-refractivity contribution in [3.8, 4) is 45.5 Å². The Hall–Kier alpha value is -5.92. The molecule has 3 saturated heterocycles. The van der Waals surface area contributed by atoms with Crippen molar-refractivity contribution in [2.24, 2.45) is 0 Å². The highest BCUT2D eigenvalue weighted by molar-refractivity contribution is 5.67. The van der Waals surface area contributed by atoms with Gasteiger partial charge in [-0.25, -0.2) is 9.97 Å². The summed E-state index contributed by atoms with van der Waals surface area (Å²) in [6.07, 6.45) is 8.81. The summed E-state index contributed by atoms with van der Waals surface area (Å²) in [5, 5.41) is 3.38. The van der Waals surface area contributed by atoms with E-state index in [9.17, 15) is 9.59 Å². The van der Waals surface area contributed by atoms with E-state index in [1.54, 1.807) is 49.4 Å². The molecule has 7 heterocycles. The Balaban J connectivity index is 0.000000162. The van der Waals surface area contributed by atoms with Crippen LogP contribution in [0, 0.1) is 0 Å². The van der Waals surface area contributed by atoms with Crippen LogP contribution in [0.5, 0.6) is 23.0 Å². The number of benzene rings is 2. The second-order valence-corrected chi connectivity index (χ2v) is 15.4. The number of nitrogens with one attached hydrogen (secondary N) is 1. The van der Waals surface area contributed by atoms with Gasteiger partial charge in [0.25, 0.3) is 11.1 Å². The maximum atomic E-state index is 12.9. The zero-order valence-electron chi connectivity index (χ0n) is 34.0. The van der Waals surface area contributed by atoms with Gasteiger partial charge in [0.05, 0.1) is 45.5 Å². The van der Waals surface area contributed by atoms with E-state index in [2.05, 4.69) is 40.1 Å². The van der Waals surface area contributed by atoms with Crippen LogP contribution in [0.4, 0.5) is 5.69 Å². The number of piperazine rings is 1. The van der Waals surface area contributed by atoms with Crippen molar-refractivity contribution in [3.05, 3.63) is 111 Å². The van der Waals surface area contributed by atoms with Crippen LogP contribution in [0.15, 0.2) is 94.8 Å². The number of rotatable bonds is 8. The molecule has 4 aromatic heterocycles. The fourth-order valence-corrected chi connectivity index (χ4v) is 8.82. The van der Waals surface area contributed by atoms with Gasteiger partial charge in [0.1, 0.15) is 11.3 Å². The molecule has 0 spiro atoms. The van der Waals surface area contributed by atoms with Gasteiger partial charge in [-0.05, 0) is 106 Å². The topological polar surface area (TPSA) is 124 Å². The Bertz CT molecular complexity index is 2560. The summed E-state index contributed by atoms with van der Waals surface area (Å²) in [7, 11) is 8.63. The number of pyridine rings is 2. The highest BCUT2D eigenvalue weighted by Gasteiger charge is 2.39. The van der Waals surface area contributed by atoms with Crippen LogP contribution >= 0.6 is 0 Å². The molecule has 0 amide bonds. The highest BCUT2D eigenvalue weighted by Crippen LogP contribution is 2.42. The molecule has 3 aliphatic rings. The molecular weight excluding hydrogens is 735 g/mol. The first-order valence-corrected chi connectivity index (χ1v) is 19.9. The van der Waals surface area contributed by atoms with Crippen molar-refractivity contribution in [2.75, 3.05) is 60.0 Å². The minimum atomic E-state index is -0.112. The molecule has 1 N–H and O–H groups in total. The van der Waals surface area contributed by atoms with E-state index in [1.165, 1.54) is 31.2 Å². The number of ether oxygens (including phenoxy) is 4. The third-order valence-electron chi connectivity index (χ3n) is 12.1. The molecule has 0 radical (unpaired) electrons. The van der Waals surface area contributed by atoms with Crippen LogP contribution in [0.2, 0.25) is 0 Å². The Labute approximate surface area is 337 Å². The lowest BCUT2D eigenvalue weighted by atomic mass is 9.86. The van der Waals surface area contributed by atoms with Gasteiger partial charge in [-0.1, -0.05) is 6.07 Å². The molecule has 6 aromatic rings. The van der Waals surface area contributed by atoms with E-state index in [4.69, 9.17) is 23.9 Å². The molecule has 1 unspecified atom stereocenters. The van der Waals surface area contributed by atoms with Gasteiger partial charge in [-0.15, -0.1) is 0 Å². The number of anilines is 1. The second kappa shape index (κ2) is 16.5. The lowest BCUT2D eigenvalue weighted by Crippen LogP contribution is -2.50. The lowest BCUT2D eigenvalue weighted by Gasteiger charge is -2.36. The van der Waals surface area contributed by atoms with Gasteiger partial charge < -0.3 is 34.1 Å². The van der Waals surface area contributed by atoms with Crippen LogP contribution in [-0.2, 0) is 0 Å². The molecule has 4 atom stereocenters. The lowest BCUT2D eigenvalue weighted by molar-refractivity contribution is 0.161. The molecule has 2 aromatic carbocycles. The Morgan fingerprint density at radius 1 is 0.655 bits per heavy atom. The number of nitrogens with zero attached hydrogens (tertiary/aromatic N) is 6. The third kappa shape index (κ3) is 7.59. The van der Waals surface area contributed by atoms with Crippen LogP contribution in [-0.4, -0.2) is 96.9 Å². The van der Waals surface area contributed by atoms with Crippen LogP contribution in [0.1, 0.15) is 44.1 Å².